The van der Waals surface area contributed by atoms with Crippen molar-refractivity contribution >= 4 is 17.9 Å². The molecular weight excluding hydrogens is 332 g/mol. The number of carbonyl (C=O) groups excluding carboxylic acids is 1. The van der Waals surface area contributed by atoms with Gasteiger partial charge in [-0.1, -0.05) is 26.0 Å². The van der Waals surface area contributed by atoms with E-state index >= 15 is 0 Å². The Labute approximate surface area is 153 Å². The summed E-state index contributed by atoms with van der Waals surface area (Å²) < 4.78 is 10.5. The molecule has 0 bridgehead atoms. The van der Waals surface area contributed by atoms with Crippen LogP contribution in [0.25, 0.3) is 0 Å². The van der Waals surface area contributed by atoms with Crippen LogP contribution in [0, 0.1) is 5.92 Å². The van der Waals surface area contributed by atoms with Crippen molar-refractivity contribution in [2.24, 2.45) is 5.92 Å². The molecule has 2 atom stereocenters. The van der Waals surface area contributed by atoms with Crippen LogP contribution >= 0.6 is 0 Å². The number of hydrogen-bond donors (Lipinski definition) is 1. The standard InChI is InChI=1S/C19H24N4O3/c1-12(2)16-11-26-19(24)23(16)17-8-9-20-18(22-17)21-13(3)14-6-5-7-15(10-14)25-4/h5-10,12-13,16H,11H2,1-4H3,(H,20,21,22). The van der Waals surface area contributed by atoms with E-state index in [1.165, 1.54) is 0 Å². The zero-order valence-corrected chi connectivity index (χ0v) is 15.5. The Bertz CT molecular complexity index is 781. The van der Waals surface area contributed by atoms with Crippen molar-refractivity contribution in [3.05, 3.63) is 42.1 Å². The molecule has 2 aromatic rings. The molecule has 138 valence electrons. The Balaban J connectivity index is 1.80. The summed E-state index contributed by atoms with van der Waals surface area (Å²) in [4.78, 5) is 22.5. The highest BCUT2D eigenvalue weighted by molar-refractivity contribution is 5.89. The third kappa shape index (κ3) is 3.71. The number of amides is 1. The van der Waals surface area contributed by atoms with Gasteiger partial charge in [0, 0.05) is 6.20 Å². The summed E-state index contributed by atoms with van der Waals surface area (Å²) >= 11 is 0. The van der Waals surface area contributed by atoms with Crippen LogP contribution in [0.2, 0.25) is 0 Å². The number of carbonyl (C=O) groups is 1. The fourth-order valence-electron chi connectivity index (χ4n) is 2.93. The number of aromatic nitrogens is 2. The number of benzene rings is 1. The van der Waals surface area contributed by atoms with Crippen molar-refractivity contribution in [1.29, 1.82) is 0 Å². The number of methoxy groups -OCH3 is 1. The maximum absolute atomic E-state index is 12.1. The first kappa shape index (κ1) is 18.0. The molecular formula is C19H24N4O3. The van der Waals surface area contributed by atoms with Crippen molar-refractivity contribution in [3.63, 3.8) is 0 Å². The summed E-state index contributed by atoms with van der Waals surface area (Å²) in [6.45, 7) is 6.52. The van der Waals surface area contributed by atoms with E-state index in [0.29, 0.717) is 18.4 Å². The van der Waals surface area contributed by atoms with Gasteiger partial charge in [0.1, 0.15) is 18.2 Å². The molecule has 1 N–H and O–H groups in total. The Morgan fingerprint density at radius 3 is 2.85 bits per heavy atom. The second-order valence-electron chi connectivity index (χ2n) is 6.64. The molecule has 0 radical (unpaired) electrons. The van der Waals surface area contributed by atoms with E-state index in [9.17, 15) is 4.79 Å². The van der Waals surface area contributed by atoms with Crippen LogP contribution in [0.5, 0.6) is 5.75 Å². The summed E-state index contributed by atoms with van der Waals surface area (Å²) in [7, 11) is 1.64. The van der Waals surface area contributed by atoms with Gasteiger partial charge in [0.15, 0.2) is 0 Å². The monoisotopic (exact) mass is 356 g/mol. The van der Waals surface area contributed by atoms with Gasteiger partial charge in [0.25, 0.3) is 0 Å². The normalized spacial score (nSPS) is 18.0. The molecule has 0 aliphatic carbocycles. The van der Waals surface area contributed by atoms with Crippen LogP contribution in [0.15, 0.2) is 36.5 Å². The third-order valence-electron chi connectivity index (χ3n) is 4.50. The van der Waals surface area contributed by atoms with Gasteiger partial charge in [-0.05, 0) is 36.6 Å². The van der Waals surface area contributed by atoms with Gasteiger partial charge in [0.05, 0.1) is 19.2 Å². The Kier molecular flexibility index (Phi) is 5.25. The molecule has 26 heavy (non-hydrogen) atoms. The number of ether oxygens (including phenoxy) is 2. The lowest BCUT2D eigenvalue weighted by Gasteiger charge is -2.23. The van der Waals surface area contributed by atoms with E-state index < -0.39 is 0 Å². The highest BCUT2D eigenvalue weighted by Crippen LogP contribution is 2.27. The number of hydrogen-bond acceptors (Lipinski definition) is 6. The molecule has 3 rings (SSSR count). The van der Waals surface area contributed by atoms with Crippen LogP contribution in [0.3, 0.4) is 0 Å². The average Bonchev–Trinajstić information content (AvgIpc) is 3.04. The van der Waals surface area contributed by atoms with Gasteiger partial charge in [-0.3, -0.25) is 4.90 Å². The maximum Gasteiger partial charge on any atom is 0.415 e. The van der Waals surface area contributed by atoms with E-state index in [4.69, 9.17) is 9.47 Å². The molecule has 1 saturated heterocycles. The summed E-state index contributed by atoms with van der Waals surface area (Å²) in [5.74, 6) is 2.07. The highest BCUT2D eigenvalue weighted by Gasteiger charge is 2.37. The maximum atomic E-state index is 12.1. The zero-order valence-electron chi connectivity index (χ0n) is 15.5. The molecule has 7 heteroatoms. The van der Waals surface area contributed by atoms with Gasteiger partial charge < -0.3 is 14.8 Å². The number of anilines is 2. The molecule has 7 nitrogen and oxygen atoms in total. The van der Waals surface area contributed by atoms with E-state index in [-0.39, 0.29) is 24.1 Å². The van der Waals surface area contributed by atoms with Crippen LogP contribution in [0.1, 0.15) is 32.4 Å². The quantitative estimate of drug-likeness (QED) is 0.851. The van der Waals surface area contributed by atoms with Gasteiger partial charge in [-0.2, -0.15) is 4.98 Å². The van der Waals surface area contributed by atoms with Gasteiger partial charge in [0.2, 0.25) is 5.95 Å². The first-order chi connectivity index (χ1) is 12.5. The molecule has 1 amide bonds. The molecule has 1 fully saturated rings. The molecule has 1 aromatic heterocycles. The lowest BCUT2D eigenvalue weighted by Crippen LogP contribution is -2.37. The number of cyclic esters (lactones) is 1. The largest absolute Gasteiger partial charge is 0.497 e. The first-order valence-electron chi connectivity index (χ1n) is 8.69. The zero-order chi connectivity index (χ0) is 18.7. The second kappa shape index (κ2) is 7.59. The van der Waals surface area contributed by atoms with Crippen LogP contribution in [-0.2, 0) is 4.74 Å². The summed E-state index contributed by atoms with van der Waals surface area (Å²) in [6.07, 6.45) is 1.28. The van der Waals surface area contributed by atoms with Crippen LogP contribution < -0.4 is 15.0 Å². The third-order valence-corrected chi connectivity index (χ3v) is 4.50. The van der Waals surface area contributed by atoms with Gasteiger partial charge in [-0.25, -0.2) is 9.78 Å². The lowest BCUT2D eigenvalue weighted by molar-refractivity contribution is 0.177. The summed E-state index contributed by atoms with van der Waals surface area (Å²) in [5, 5.41) is 3.28. The number of nitrogens with one attached hydrogen (secondary N) is 1. The first-order valence-corrected chi connectivity index (χ1v) is 8.69. The van der Waals surface area contributed by atoms with Crippen molar-refractivity contribution in [1.82, 2.24) is 9.97 Å². The molecule has 2 unspecified atom stereocenters. The van der Waals surface area contributed by atoms with E-state index in [2.05, 4.69) is 29.1 Å². The number of nitrogens with zero attached hydrogens (tertiary/aromatic N) is 3. The van der Waals surface area contributed by atoms with Crippen LogP contribution in [-0.4, -0.2) is 35.8 Å². The topological polar surface area (TPSA) is 76.6 Å². The Morgan fingerprint density at radius 1 is 1.31 bits per heavy atom. The minimum atomic E-state index is -0.366. The second-order valence-corrected chi connectivity index (χ2v) is 6.64. The molecule has 2 heterocycles. The highest BCUT2D eigenvalue weighted by atomic mass is 16.6. The van der Waals surface area contributed by atoms with E-state index in [1.54, 1.807) is 24.3 Å². The lowest BCUT2D eigenvalue weighted by atomic mass is 10.0. The fourth-order valence-corrected chi connectivity index (χ4v) is 2.93. The smallest absolute Gasteiger partial charge is 0.415 e. The van der Waals surface area contributed by atoms with E-state index in [0.717, 1.165) is 11.3 Å². The molecule has 0 saturated carbocycles. The number of rotatable bonds is 6. The van der Waals surface area contributed by atoms with Crippen molar-refractivity contribution < 1.29 is 14.3 Å². The predicted molar refractivity (Wildman–Crippen MR) is 99.5 cm³/mol. The molecule has 1 aromatic carbocycles. The summed E-state index contributed by atoms with van der Waals surface area (Å²) in [6, 6.07) is 9.50. The SMILES string of the molecule is COc1cccc(C(C)Nc2nccc(N3C(=O)OCC3C(C)C)n2)c1. The van der Waals surface area contributed by atoms with E-state index in [1.807, 2.05) is 31.2 Å². The van der Waals surface area contributed by atoms with Crippen molar-refractivity contribution in [3.8, 4) is 5.75 Å². The Morgan fingerprint density at radius 2 is 2.12 bits per heavy atom. The van der Waals surface area contributed by atoms with Gasteiger partial charge in [-0.15, -0.1) is 0 Å². The fraction of sp³-hybridized carbons (Fsp3) is 0.421. The summed E-state index contributed by atoms with van der Waals surface area (Å²) in [5.41, 5.74) is 1.05. The minimum absolute atomic E-state index is 0.0215. The minimum Gasteiger partial charge on any atom is -0.497 e. The average molecular weight is 356 g/mol. The Hall–Kier alpha value is -2.83. The van der Waals surface area contributed by atoms with Crippen molar-refractivity contribution in [2.75, 3.05) is 23.9 Å². The van der Waals surface area contributed by atoms with Gasteiger partial charge >= 0.3 is 6.09 Å². The van der Waals surface area contributed by atoms with Crippen molar-refractivity contribution in [2.45, 2.75) is 32.9 Å². The molecule has 1 aliphatic heterocycles. The molecule has 0 spiro atoms. The molecule has 1 aliphatic rings. The van der Waals surface area contributed by atoms with Crippen LogP contribution in [0.4, 0.5) is 16.6 Å². The predicted octanol–water partition coefficient (Wildman–Crippen LogP) is 3.64.